The van der Waals surface area contributed by atoms with E-state index < -0.39 is 5.82 Å². The molecule has 17 heavy (non-hydrogen) atoms. The second-order valence-corrected chi connectivity index (χ2v) is 4.18. The first-order valence-corrected chi connectivity index (χ1v) is 5.61. The van der Waals surface area contributed by atoms with E-state index in [2.05, 4.69) is 0 Å². The average molecular weight is 238 g/mol. The summed E-state index contributed by atoms with van der Waals surface area (Å²) >= 11 is 0. The van der Waals surface area contributed by atoms with Crippen molar-refractivity contribution in [2.24, 2.45) is 0 Å². The van der Waals surface area contributed by atoms with Crippen LogP contribution in [0.25, 0.3) is 0 Å². The molecule has 1 aliphatic rings. The molecular weight excluding hydrogens is 223 g/mol. The SMILES string of the molecule is Nc1c(F)cccc1C(=O)N1CCC[C@@H]1CO. The quantitative estimate of drug-likeness (QED) is 0.755. The molecule has 1 heterocycles. The summed E-state index contributed by atoms with van der Waals surface area (Å²) in [4.78, 5) is 13.7. The monoisotopic (exact) mass is 238 g/mol. The van der Waals surface area contributed by atoms with Gasteiger partial charge < -0.3 is 15.7 Å². The summed E-state index contributed by atoms with van der Waals surface area (Å²) in [6.07, 6.45) is 1.63. The number of anilines is 1. The van der Waals surface area contributed by atoms with Gasteiger partial charge in [-0.25, -0.2) is 4.39 Å². The number of rotatable bonds is 2. The number of nitrogen functional groups attached to an aromatic ring is 1. The number of carbonyl (C=O) groups is 1. The maximum atomic E-state index is 13.3. The normalized spacial score (nSPS) is 19.6. The van der Waals surface area contributed by atoms with Crippen LogP contribution < -0.4 is 5.73 Å². The number of halogens is 1. The van der Waals surface area contributed by atoms with Crippen LogP contribution >= 0.6 is 0 Å². The minimum atomic E-state index is -0.587. The highest BCUT2D eigenvalue weighted by Crippen LogP contribution is 2.23. The fraction of sp³-hybridized carbons (Fsp3) is 0.417. The van der Waals surface area contributed by atoms with Crippen molar-refractivity contribution in [3.8, 4) is 0 Å². The summed E-state index contributed by atoms with van der Waals surface area (Å²) in [6, 6.07) is 4.01. The molecule has 0 aliphatic carbocycles. The van der Waals surface area contributed by atoms with Crippen LogP contribution in [-0.2, 0) is 0 Å². The van der Waals surface area contributed by atoms with E-state index in [9.17, 15) is 9.18 Å². The molecule has 0 bridgehead atoms. The Balaban J connectivity index is 2.28. The van der Waals surface area contributed by atoms with Crippen LogP contribution in [0, 0.1) is 5.82 Å². The highest BCUT2D eigenvalue weighted by atomic mass is 19.1. The van der Waals surface area contributed by atoms with Crippen LogP contribution in [0.15, 0.2) is 18.2 Å². The van der Waals surface area contributed by atoms with Crippen molar-refractivity contribution in [3.63, 3.8) is 0 Å². The van der Waals surface area contributed by atoms with E-state index in [1.165, 1.54) is 18.2 Å². The highest BCUT2D eigenvalue weighted by Gasteiger charge is 2.29. The third-order valence-corrected chi connectivity index (χ3v) is 3.13. The lowest BCUT2D eigenvalue weighted by Crippen LogP contribution is -2.38. The highest BCUT2D eigenvalue weighted by molar-refractivity contribution is 5.99. The first-order chi connectivity index (χ1) is 8.15. The van der Waals surface area contributed by atoms with E-state index in [0.29, 0.717) is 6.54 Å². The molecule has 1 amide bonds. The lowest BCUT2D eigenvalue weighted by Gasteiger charge is -2.23. The van der Waals surface area contributed by atoms with Crippen molar-refractivity contribution in [2.45, 2.75) is 18.9 Å². The molecule has 0 saturated carbocycles. The molecule has 1 saturated heterocycles. The predicted molar refractivity (Wildman–Crippen MR) is 62.0 cm³/mol. The summed E-state index contributed by atoms with van der Waals surface area (Å²) in [5.41, 5.74) is 5.60. The fourth-order valence-electron chi connectivity index (χ4n) is 2.17. The number of nitrogens with zero attached hydrogens (tertiary/aromatic N) is 1. The molecule has 0 aromatic heterocycles. The van der Waals surface area contributed by atoms with E-state index in [0.717, 1.165) is 12.8 Å². The van der Waals surface area contributed by atoms with Gasteiger partial charge in [-0.2, -0.15) is 0 Å². The molecule has 1 fully saturated rings. The van der Waals surface area contributed by atoms with Crippen LogP contribution in [0.4, 0.5) is 10.1 Å². The molecule has 3 N–H and O–H groups in total. The van der Waals surface area contributed by atoms with E-state index in [1.807, 2.05) is 0 Å². The predicted octanol–water partition coefficient (Wildman–Crippen LogP) is 1.00. The molecule has 5 heteroatoms. The van der Waals surface area contributed by atoms with Gasteiger partial charge in [0.25, 0.3) is 5.91 Å². The molecule has 92 valence electrons. The Morgan fingerprint density at radius 2 is 2.35 bits per heavy atom. The fourth-order valence-corrected chi connectivity index (χ4v) is 2.17. The lowest BCUT2D eigenvalue weighted by molar-refractivity contribution is 0.0678. The molecular formula is C12H15FN2O2. The van der Waals surface area contributed by atoms with Crippen LogP contribution in [0.3, 0.4) is 0 Å². The zero-order valence-corrected chi connectivity index (χ0v) is 9.40. The van der Waals surface area contributed by atoms with Gasteiger partial charge in [0.05, 0.1) is 23.9 Å². The second-order valence-electron chi connectivity index (χ2n) is 4.18. The van der Waals surface area contributed by atoms with Crippen molar-refractivity contribution in [2.75, 3.05) is 18.9 Å². The number of aliphatic hydroxyl groups excluding tert-OH is 1. The summed E-state index contributed by atoms with van der Waals surface area (Å²) in [6.45, 7) is 0.515. The van der Waals surface area contributed by atoms with E-state index in [4.69, 9.17) is 10.8 Å². The zero-order valence-electron chi connectivity index (χ0n) is 9.40. The minimum Gasteiger partial charge on any atom is -0.396 e. The van der Waals surface area contributed by atoms with Gasteiger partial charge in [-0.1, -0.05) is 6.07 Å². The van der Waals surface area contributed by atoms with Crippen LogP contribution in [0.5, 0.6) is 0 Å². The van der Waals surface area contributed by atoms with Gasteiger partial charge in [0.2, 0.25) is 0 Å². The van der Waals surface area contributed by atoms with Gasteiger partial charge in [0, 0.05) is 6.54 Å². The van der Waals surface area contributed by atoms with Crippen molar-refractivity contribution in [3.05, 3.63) is 29.6 Å². The maximum absolute atomic E-state index is 13.3. The Kier molecular flexibility index (Phi) is 3.28. The standard InChI is InChI=1S/C12H15FN2O2/c13-10-5-1-4-9(11(10)14)12(17)15-6-2-3-8(15)7-16/h1,4-5,8,16H,2-3,6-7,14H2/t8-/m1/s1. The molecule has 0 spiro atoms. The number of benzene rings is 1. The molecule has 0 unspecified atom stereocenters. The van der Waals surface area contributed by atoms with Crippen molar-refractivity contribution in [1.82, 2.24) is 4.90 Å². The Labute approximate surface area is 98.8 Å². The van der Waals surface area contributed by atoms with Gasteiger partial charge in [0.15, 0.2) is 0 Å². The minimum absolute atomic E-state index is 0.0685. The van der Waals surface area contributed by atoms with Gasteiger partial charge >= 0.3 is 0 Å². The smallest absolute Gasteiger partial charge is 0.256 e. The molecule has 1 atom stereocenters. The lowest BCUT2D eigenvalue weighted by atomic mass is 10.1. The summed E-state index contributed by atoms with van der Waals surface area (Å²) in [5, 5.41) is 9.16. The zero-order chi connectivity index (χ0) is 12.4. The molecule has 4 nitrogen and oxygen atoms in total. The molecule has 0 radical (unpaired) electrons. The van der Waals surface area contributed by atoms with Crippen molar-refractivity contribution in [1.29, 1.82) is 0 Å². The van der Waals surface area contributed by atoms with Crippen molar-refractivity contribution < 1.29 is 14.3 Å². The number of carbonyl (C=O) groups excluding carboxylic acids is 1. The number of para-hydroxylation sites is 1. The van der Waals surface area contributed by atoms with Gasteiger partial charge in [-0.05, 0) is 25.0 Å². The van der Waals surface area contributed by atoms with Crippen LogP contribution in [-0.4, -0.2) is 35.1 Å². The first kappa shape index (κ1) is 11.9. The number of aliphatic hydroxyl groups is 1. The maximum Gasteiger partial charge on any atom is 0.256 e. The number of nitrogens with two attached hydrogens (primary N) is 1. The summed E-state index contributed by atoms with van der Waals surface area (Å²) in [5.74, 6) is -0.894. The van der Waals surface area contributed by atoms with Crippen LogP contribution in [0.2, 0.25) is 0 Å². The van der Waals surface area contributed by atoms with E-state index >= 15 is 0 Å². The Morgan fingerprint density at radius 3 is 3.06 bits per heavy atom. The third kappa shape index (κ3) is 2.10. The number of hydrogen-bond acceptors (Lipinski definition) is 3. The van der Waals surface area contributed by atoms with Crippen LogP contribution in [0.1, 0.15) is 23.2 Å². The Morgan fingerprint density at radius 1 is 1.59 bits per heavy atom. The molecule has 1 aliphatic heterocycles. The average Bonchev–Trinajstić information content (AvgIpc) is 2.80. The Hall–Kier alpha value is -1.62. The summed E-state index contributed by atoms with van der Waals surface area (Å²) < 4.78 is 13.3. The number of likely N-dealkylation sites (tertiary alicyclic amines) is 1. The Bertz CT molecular complexity index is 437. The molecule has 2 rings (SSSR count). The summed E-state index contributed by atoms with van der Waals surface area (Å²) in [7, 11) is 0. The molecule has 1 aromatic rings. The van der Waals surface area contributed by atoms with E-state index in [1.54, 1.807) is 4.90 Å². The van der Waals surface area contributed by atoms with Crippen molar-refractivity contribution >= 4 is 11.6 Å². The third-order valence-electron chi connectivity index (χ3n) is 3.13. The van der Waals surface area contributed by atoms with Gasteiger partial charge in [-0.3, -0.25) is 4.79 Å². The topological polar surface area (TPSA) is 66.6 Å². The largest absolute Gasteiger partial charge is 0.396 e. The van der Waals surface area contributed by atoms with E-state index in [-0.39, 0.29) is 29.8 Å². The molecule has 1 aromatic carbocycles. The number of amides is 1. The van der Waals surface area contributed by atoms with Gasteiger partial charge in [-0.15, -0.1) is 0 Å². The van der Waals surface area contributed by atoms with Gasteiger partial charge in [0.1, 0.15) is 5.82 Å². The second kappa shape index (κ2) is 4.71. The number of hydrogen-bond donors (Lipinski definition) is 2. The first-order valence-electron chi connectivity index (χ1n) is 5.61.